The van der Waals surface area contributed by atoms with Crippen LogP contribution in [0.25, 0.3) is 0 Å². The van der Waals surface area contributed by atoms with E-state index in [1.807, 2.05) is 0 Å². The number of aliphatic hydroxyl groups excluding tert-OH is 1. The zero-order chi connectivity index (χ0) is 9.56. The third kappa shape index (κ3) is 5.46. The minimum Gasteiger partial charge on any atom is -0.386 e. The van der Waals surface area contributed by atoms with E-state index < -0.39 is 12.5 Å². The van der Waals surface area contributed by atoms with E-state index in [9.17, 15) is 8.78 Å². The predicted molar refractivity (Wildman–Crippen MR) is 44.5 cm³/mol. The highest BCUT2D eigenvalue weighted by molar-refractivity contribution is 6.25. The third-order valence-electron chi connectivity index (χ3n) is 1.23. The van der Waals surface area contributed by atoms with E-state index in [0.717, 1.165) is 5.57 Å². The van der Waals surface area contributed by atoms with E-state index in [0.29, 0.717) is 6.54 Å². The molecule has 1 atom stereocenters. The first-order valence-electron chi connectivity index (χ1n) is 3.50. The second-order valence-electron chi connectivity index (χ2n) is 2.49. The second-order valence-corrected chi connectivity index (χ2v) is 2.71. The number of rotatable bonds is 5. The zero-order valence-corrected chi connectivity index (χ0v) is 7.48. The number of hydrogen-bond acceptors (Lipinski definition) is 2. The Morgan fingerprint density at radius 2 is 2.25 bits per heavy atom. The molecule has 0 amide bonds. The fraction of sp³-hybridized carbons (Fsp3) is 0.714. The normalized spacial score (nSPS) is 15.3. The van der Waals surface area contributed by atoms with Gasteiger partial charge in [-0.3, -0.25) is 0 Å². The summed E-state index contributed by atoms with van der Waals surface area (Å²) in [7, 11) is 0. The molecule has 0 radical (unpaired) electrons. The lowest BCUT2D eigenvalue weighted by molar-refractivity contribution is -0.00282. The van der Waals surface area contributed by atoms with Crippen molar-refractivity contribution in [2.24, 2.45) is 0 Å². The van der Waals surface area contributed by atoms with Gasteiger partial charge >= 0.3 is 0 Å². The summed E-state index contributed by atoms with van der Waals surface area (Å²) >= 11 is 5.32. The summed E-state index contributed by atoms with van der Waals surface area (Å²) in [6.45, 7) is 2.04. The van der Waals surface area contributed by atoms with Crippen LogP contribution >= 0.6 is 11.6 Å². The van der Waals surface area contributed by atoms with Gasteiger partial charge in [-0.05, 0) is 12.5 Å². The molecule has 0 aliphatic heterocycles. The Balaban J connectivity index is 3.43. The zero-order valence-electron chi connectivity index (χ0n) is 6.73. The van der Waals surface area contributed by atoms with Crippen LogP contribution in [0.15, 0.2) is 11.1 Å². The molecule has 2 N–H and O–H groups in total. The molecule has 12 heavy (non-hydrogen) atoms. The van der Waals surface area contributed by atoms with Gasteiger partial charge in [-0.15, -0.1) is 0 Å². The highest BCUT2D eigenvalue weighted by Gasteiger charge is 2.15. The van der Waals surface area contributed by atoms with Crippen LogP contribution in [0.3, 0.4) is 0 Å². The Morgan fingerprint density at radius 1 is 1.67 bits per heavy atom. The number of halogens is 3. The Kier molecular flexibility index (Phi) is 6.24. The van der Waals surface area contributed by atoms with E-state index in [1.165, 1.54) is 5.54 Å². The van der Waals surface area contributed by atoms with Gasteiger partial charge in [0.1, 0.15) is 6.10 Å². The van der Waals surface area contributed by atoms with Gasteiger partial charge in [0.2, 0.25) is 0 Å². The fourth-order valence-corrected chi connectivity index (χ4v) is 0.622. The molecule has 0 fully saturated rings. The molecule has 0 heterocycles. The fourth-order valence-electron chi connectivity index (χ4n) is 0.545. The van der Waals surface area contributed by atoms with Crippen molar-refractivity contribution in [2.75, 3.05) is 13.1 Å². The van der Waals surface area contributed by atoms with Crippen LogP contribution in [0, 0.1) is 0 Å². The molecule has 2 nitrogen and oxygen atoms in total. The van der Waals surface area contributed by atoms with Crippen LogP contribution in [-0.4, -0.2) is 30.7 Å². The average Bonchev–Trinajstić information content (AvgIpc) is 2.03. The van der Waals surface area contributed by atoms with E-state index in [4.69, 9.17) is 16.7 Å². The summed E-state index contributed by atoms with van der Waals surface area (Å²) in [6, 6.07) is 0. The summed E-state index contributed by atoms with van der Waals surface area (Å²) in [4.78, 5) is 0. The minimum atomic E-state index is -2.70. The first-order valence-corrected chi connectivity index (χ1v) is 3.94. The topological polar surface area (TPSA) is 32.3 Å². The monoisotopic (exact) mass is 199 g/mol. The molecule has 5 heteroatoms. The average molecular weight is 200 g/mol. The summed E-state index contributed by atoms with van der Waals surface area (Å²) in [5, 5.41) is 11.3. The molecule has 0 aromatic carbocycles. The highest BCUT2D eigenvalue weighted by atomic mass is 35.5. The van der Waals surface area contributed by atoms with Crippen LogP contribution in [0.1, 0.15) is 6.92 Å². The molecule has 0 saturated carbocycles. The van der Waals surface area contributed by atoms with Crippen LogP contribution in [0.4, 0.5) is 8.78 Å². The number of nitrogens with one attached hydrogen (secondary N) is 1. The van der Waals surface area contributed by atoms with Gasteiger partial charge in [0.15, 0.2) is 0 Å². The highest BCUT2D eigenvalue weighted by Crippen LogP contribution is 1.99. The molecule has 0 aromatic rings. The van der Waals surface area contributed by atoms with Gasteiger partial charge in [-0.1, -0.05) is 11.6 Å². The number of alkyl halides is 2. The van der Waals surface area contributed by atoms with Crippen LogP contribution < -0.4 is 5.32 Å². The molecule has 0 aliphatic carbocycles. The number of hydrogen-bond donors (Lipinski definition) is 2. The van der Waals surface area contributed by atoms with Gasteiger partial charge in [0.05, 0.1) is 0 Å². The smallest absolute Gasteiger partial charge is 0.265 e. The SMILES string of the molecule is CC(=CCl)CNCC(O)C(F)F. The maximum Gasteiger partial charge on any atom is 0.265 e. The van der Waals surface area contributed by atoms with Gasteiger partial charge in [0, 0.05) is 18.6 Å². The van der Waals surface area contributed by atoms with E-state index in [1.54, 1.807) is 6.92 Å². The van der Waals surface area contributed by atoms with Gasteiger partial charge in [-0.2, -0.15) is 0 Å². The second kappa shape index (κ2) is 6.34. The van der Waals surface area contributed by atoms with Crippen molar-refractivity contribution < 1.29 is 13.9 Å². The Hall–Kier alpha value is -0.190. The predicted octanol–water partition coefficient (Wildman–Crippen LogP) is 1.34. The first-order chi connectivity index (χ1) is 5.57. The maximum absolute atomic E-state index is 11.7. The molecule has 0 aromatic heterocycles. The molecule has 0 bridgehead atoms. The Bertz CT molecular complexity index is 152. The molecule has 1 unspecified atom stereocenters. The van der Waals surface area contributed by atoms with E-state index >= 15 is 0 Å². The molecule has 0 aliphatic rings. The van der Waals surface area contributed by atoms with Crippen LogP contribution in [0.2, 0.25) is 0 Å². The van der Waals surface area contributed by atoms with Gasteiger partial charge < -0.3 is 10.4 Å². The van der Waals surface area contributed by atoms with Crippen molar-refractivity contribution in [3.05, 3.63) is 11.1 Å². The minimum absolute atomic E-state index is 0.125. The third-order valence-corrected chi connectivity index (χ3v) is 1.61. The van der Waals surface area contributed by atoms with Gasteiger partial charge in [0.25, 0.3) is 6.43 Å². The van der Waals surface area contributed by atoms with Crippen molar-refractivity contribution in [2.45, 2.75) is 19.5 Å². The molecular formula is C7H12ClF2NO. The van der Waals surface area contributed by atoms with E-state index in [-0.39, 0.29) is 6.54 Å². The summed E-state index contributed by atoms with van der Waals surface area (Å²) in [5.74, 6) is 0. The molecule has 0 spiro atoms. The summed E-state index contributed by atoms with van der Waals surface area (Å²) in [5.41, 5.74) is 2.19. The van der Waals surface area contributed by atoms with Crippen molar-refractivity contribution >= 4 is 11.6 Å². The summed E-state index contributed by atoms with van der Waals surface area (Å²) < 4.78 is 23.4. The standard InChI is InChI=1S/C7H12ClF2NO/c1-5(2-8)3-11-4-6(12)7(9)10/h2,6-7,11-12H,3-4H2,1H3. The first kappa shape index (κ1) is 11.8. The largest absolute Gasteiger partial charge is 0.386 e. The molecule has 0 saturated heterocycles. The van der Waals surface area contributed by atoms with Crippen molar-refractivity contribution in [1.29, 1.82) is 0 Å². The van der Waals surface area contributed by atoms with Crippen molar-refractivity contribution in [3.63, 3.8) is 0 Å². The lowest BCUT2D eigenvalue weighted by Crippen LogP contribution is -2.32. The lowest BCUT2D eigenvalue weighted by atomic mass is 10.3. The Labute approximate surface area is 75.2 Å². The quantitative estimate of drug-likeness (QED) is 0.701. The van der Waals surface area contributed by atoms with Crippen molar-refractivity contribution in [3.8, 4) is 0 Å². The lowest BCUT2D eigenvalue weighted by Gasteiger charge is -2.10. The van der Waals surface area contributed by atoms with Crippen LogP contribution in [0.5, 0.6) is 0 Å². The molecule has 72 valence electrons. The summed E-state index contributed by atoms with van der Waals surface area (Å²) in [6.07, 6.45) is -4.30. The van der Waals surface area contributed by atoms with Crippen LogP contribution in [-0.2, 0) is 0 Å². The molecular weight excluding hydrogens is 188 g/mol. The Morgan fingerprint density at radius 3 is 2.67 bits per heavy atom. The van der Waals surface area contributed by atoms with E-state index in [2.05, 4.69) is 5.32 Å². The number of aliphatic hydroxyl groups is 1. The molecule has 0 rings (SSSR count). The maximum atomic E-state index is 11.7. The van der Waals surface area contributed by atoms with Gasteiger partial charge in [-0.25, -0.2) is 8.78 Å². The van der Waals surface area contributed by atoms with Crippen molar-refractivity contribution in [1.82, 2.24) is 5.32 Å².